The molecular formula is C11H11FN2S. The van der Waals surface area contributed by atoms with Gasteiger partial charge in [0.15, 0.2) is 5.16 Å². The highest BCUT2D eigenvalue weighted by Crippen LogP contribution is 2.23. The number of aromatic nitrogens is 2. The number of aromatic amines is 1. The van der Waals surface area contributed by atoms with Gasteiger partial charge in [0.25, 0.3) is 0 Å². The summed E-state index contributed by atoms with van der Waals surface area (Å²) in [6.07, 6.45) is 0.823. The van der Waals surface area contributed by atoms with Crippen molar-refractivity contribution in [3.63, 3.8) is 0 Å². The molecule has 2 aromatic rings. The Morgan fingerprint density at radius 2 is 2.00 bits per heavy atom. The Morgan fingerprint density at radius 1 is 1.33 bits per heavy atom. The summed E-state index contributed by atoms with van der Waals surface area (Å²) in [5.74, 6) is -0.234. The van der Waals surface area contributed by atoms with Gasteiger partial charge in [-0.25, -0.2) is 9.37 Å². The minimum absolute atomic E-state index is 0.234. The number of hydrogen-bond acceptors (Lipinski definition) is 2. The summed E-state index contributed by atoms with van der Waals surface area (Å²) in [5, 5.41) is 0.589. The number of benzene rings is 1. The van der Waals surface area contributed by atoms with Crippen LogP contribution >= 0.6 is 12.6 Å². The van der Waals surface area contributed by atoms with E-state index in [0.29, 0.717) is 5.16 Å². The van der Waals surface area contributed by atoms with Crippen molar-refractivity contribution in [2.75, 3.05) is 0 Å². The number of aryl methyl sites for hydroxylation is 1. The Bertz CT molecular complexity index is 462. The smallest absolute Gasteiger partial charge is 0.162 e. The van der Waals surface area contributed by atoms with Crippen LogP contribution in [0.5, 0.6) is 0 Å². The van der Waals surface area contributed by atoms with E-state index in [1.54, 1.807) is 12.1 Å². The molecular weight excluding hydrogens is 211 g/mol. The molecule has 0 fully saturated rings. The van der Waals surface area contributed by atoms with E-state index < -0.39 is 0 Å². The summed E-state index contributed by atoms with van der Waals surface area (Å²) in [5.41, 5.74) is 2.80. The molecule has 0 bridgehead atoms. The summed E-state index contributed by atoms with van der Waals surface area (Å²) in [4.78, 5) is 7.30. The van der Waals surface area contributed by atoms with E-state index in [4.69, 9.17) is 0 Å². The molecule has 15 heavy (non-hydrogen) atoms. The van der Waals surface area contributed by atoms with Crippen LogP contribution in [-0.2, 0) is 6.42 Å². The predicted octanol–water partition coefficient (Wildman–Crippen LogP) is 3.07. The summed E-state index contributed by atoms with van der Waals surface area (Å²) < 4.78 is 12.7. The summed E-state index contributed by atoms with van der Waals surface area (Å²) in [6, 6.07) is 6.34. The van der Waals surface area contributed by atoms with Crippen molar-refractivity contribution in [2.45, 2.75) is 18.5 Å². The number of H-pyrrole nitrogens is 1. The minimum Gasteiger partial charge on any atom is -0.333 e. The number of nitrogens with one attached hydrogen (secondary N) is 1. The van der Waals surface area contributed by atoms with E-state index in [-0.39, 0.29) is 5.82 Å². The van der Waals surface area contributed by atoms with Crippen molar-refractivity contribution >= 4 is 12.6 Å². The van der Waals surface area contributed by atoms with Gasteiger partial charge in [-0.1, -0.05) is 6.92 Å². The maximum absolute atomic E-state index is 12.7. The van der Waals surface area contributed by atoms with Crippen LogP contribution in [0.15, 0.2) is 29.4 Å². The van der Waals surface area contributed by atoms with Crippen molar-refractivity contribution in [1.29, 1.82) is 0 Å². The van der Waals surface area contributed by atoms with Crippen molar-refractivity contribution in [1.82, 2.24) is 9.97 Å². The molecule has 0 unspecified atom stereocenters. The molecule has 2 nitrogen and oxygen atoms in total. The van der Waals surface area contributed by atoms with E-state index in [1.807, 2.05) is 6.92 Å². The highest BCUT2D eigenvalue weighted by molar-refractivity contribution is 7.80. The van der Waals surface area contributed by atoms with Crippen LogP contribution in [0.25, 0.3) is 11.3 Å². The van der Waals surface area contributed by atoms with Gasteiger partial charge >= 0.3 is 0 Å². The first-order valence-corrected chi connectivity index (χ1v) is 5.19. The van der Waals surface area contributed by atoms with E-state index in [2.05, 4.69) is 22.6 Å². The lowest BCUT2D eigenvalue weighted by Gasteiger charge is -2.00. The number of imidazole rings is 1. The van der Waals surface area contributed by atoms with Crippen LogP contribution in [0.3, 0.4) is 0 Å². The predicted molar refractivity (Wildman–Crippen MR) is 60.6 cm³/mol. The Kier molecular flexibility index (Phi) is 2.77. The molecule has 1 aromatic carbocycles. The van der Waals surface area contributed by atoms with Gasteiger partial charge in [-0.3, -0.25) is 0 Å². The number of thiol groups is 1. The average Bonchev–Trinajstić information content (AvgIpc) is 2.61. The van der Waals surface area contributed by atoms with Crippen LogP contribution in [0.4, 0.5) is 4.39 Å². The van der Waals surface area contributed by atoms with E-state index in [1.165, 1.54) is 12.1 Å². The fraction of sp³-hybridized carbons (Fsp3) is 0.182. The van der Waals surface area contributed by atoms with Crippen LogP contribution < -0.4 is 0 Å². The summed E-state index contributed by atoms with van der Waals surface area (Å²) in [6.45, 7) is 2.02. The van der Waals surface area contributed by atoms with E-state index >= 15 is 0 Å². The number of nitrogens with zero attached hydrogens (tertiary/aromatic N) is 1. The lowest BCUT2D eigenvalue weighted by Crippen LogP contribution is -1.86. The van der Waals surface area contributed by atoms with Crippen molar-refractivity contribution in [2.24, 2.45) is 0 Å². The fourth-order valence-corrected chi connectivity index (χ4v) is 1.74. The molecule has 78 valence electrons. The molecule has 0 saturated heterocycles. The average molecular weight is 222 g/mol. The first-order valence-electron chi connectivity index (χ1n) is 4.74. The number of hydrogen-bond donors (Lipinski definition) is 2. The molecule has 1 heterocycles. The van der Waals surface area contributed by atoms with Crippen LogP contribution in [-0.4, -0.2) is 9.97 Å². The second-order valence-electron chi connectivity index (χ2n) is 3.24. The zero-order valence-electron chi connectivity index (χ0n) is 8.29. The van der Waals surface area contributed by atoms with Crippen LogP contribution in [0.2, 0.25) is 0 Å². The second-order valence-corrected chi connectivity index (χ2v) is 3.67. The summed E-state index contributed by atoms with van der Waals surface area (Å²) in [7, 11) is 0. The monoisotopic (exact) mass is 222 g/mol. The van der Waals surface area contributed by atoms with Crippen molar-refractivity contribution < 1.29 is 4.39 Å². The normalized spacial score (nSPS) is 10.6. The molecule has 2 rings (SSSR count). The number of rotatable bonds is 2. The Labute approximate surface area is 93.0 Å². The molecule has 1 aromatic heterocycles. The SMILES string of the molecule is CCc1nc(S)[nH]c1-c1ccc(F)cc1. The lowest BCUT2D eigenvalue weighted by atomic mass is 10.1. The third-order valence-corrected chi connectivity index (χ3v) is 2.45. The molecule has 0 aliphatic rings. The Balaban J connectivity index is 2.48. The fourth-order valence-electron chi connectivity index (χ4n) is 1.51. The van der Waals surface area contributed by atoms with Gasteiger partial charge in [-0.2, -0.15) is 0 Å². The van der Waals surface area contributed by atoms with Gasteiger partial charge in [-0.15, -0.1) is 12.6 Å². The highest BCUT2D eigenvalue weighted by Gasteiger charge is 2.08. The van der Waals surface area contributed by atoms with Gasteiger partial charge in [0.1, 0.15) is 5.82 Å². The summed E-state index contributed by atoms with van der Waals surface area (Å²) >= 11 is 4.16. The first kappa shape index (κ1) is 10.2. The van der Waals surface area contributed by atoms with Gasteiger partial charge in [-0.05, 0) is 30.7 Å². The molecule has 0 amide bonds. The minimum atomic E-state index is -0.234. The largest absolute Gasteiger partial charge is 0.333 e. The van der Waals surface area contributed by atoms with Crippen LogP contribution in [0, 0.1) is 5.82 Å². The zero-order valence-corrected chi connectivity index (χ0v) is 9.18. The third kappa shape index (κ3) is 2.04. The molecule has 0 aliphatic heterocycles. The van der Waals surface area contributed by atoms with Gasteiger partial charge in [0.05, 0.1) is 11.4 Å². The first-order chi connectivity index (χ1) is 7.20. The standard InChI is InChI=1S/C11H11FN2S/c1-2-9-10(14-11(15)13-9)7-3-5-8(12)6-4-7/h3-6H,2H2,1H3,(H2,13,14,15). The Hall–Kier alpha value is -1.29. The van der Waals surface area contributed by atoms with Crippen LogP contribution in [0.1, 0.15) is 12.6 Å². The zero-order chi connectivity index (χ0) is 10.8. The van der Waals surface area contributed by atoms with Gasteiger partial charge in [0.2, 0.25) is 0 Å². The molecule has 1 N–H and O–H groups in total. The van der Waals surface area contributed by atoms with E-state index in [0.717, 1.165) is 23.4 Å². The maximum atomic E-state index is 12.7. The quantitative estimate of drug-likeness (QED) is 0.751. The molecule has 0 aliphatic carbocycles. The Morgan fingerprint density at radius 3 is 2.60 bits per heavy atom. The van der Waals surface area contributed by atoms with Crippen molar-refractivity contribution in [3.8, 4) is 11.3 Å². The van der Waals surface area contributed by atoms with E-state index in [9.17, 15) is 4.39 Å². The third-order valence-electron chi connectivity index (χ3n) is 2.23. The van der Waals surface area contributed by atoms with Gasteiger partial charge in [0, 0.05) is 5.56 Å². The second kappa shape index (κ2) is 4.06. The maximum Gasteiger partial charge on any atom is 0.162 e. The lowest BCUT2D eigenvalue weighted by molar-refractivity contribution is 0.628. The molecule has 0 spiro atoms. The molecule has 0 atom stereocenters. The topological polar surface area (TPSA) is 28.7 Å². The highest BCUT2D eigenvalue weighted by atomic mass is 32.1. The number of halogens is 1. The van der Waals surface area contributed by atoms with Gasteiger partial charge < -0.3 is 4.98 Å². The molecule has 4 heteroatoms. The molecule has 0 radical (unpaired) electrons. The van der Waals surface area contributed by atoms with Crippen molar-refractivity contribution in [3.05, 3.63) is 35.8 Å². The molecule has 0 saturated carbocycles.